The van der Waals surface area contributed by atoms with Crippen molar-refractivity contribution in [3.05, 3.63) is 70.8 Å². The van der Waals surface area contributed by atoms with Crippen LogP contribution in [0.3, 0.4) is 0 Å². The van der Waals surface area contributed by atoms with E-state index in [-0.39, 0.29) is 5.91 Å². The van der Waals surface area contributed by atoms with Gasteiger partial charge in [-0.25, -0.2) is 0 Å². The van der Waals surface area contributed by atoms with Crippen molar-refractivity contribution in [2.45, 2.75) is 38.6 Å². The minimum Gasteiger partial charge on any atom is -0.381 e. The molecule has 26 heavy (non-hydrogen) atoms. The lowest BCUT2D eigenvalue weighted by atomic mass is 10.1. The molecule has 1 heterocycles. The normalized spacial score (nSPS) is 15.0. The molecule has 138 valence electrons. The van der Waals surface area contributed by atoms with Gasteiger partial charge in [0.25, 0.3) is 5.91 Å². The van der Waals surface area contributed by atoms with Gasteiger partial charge in [-0.05, 0) is 41.7 Å². The van der Waals surface area contributed by atoms with E-state index in [0.29, 0.717) is 31.4 Å². The number of ether oxygens (including phenoxy) is 2. The van der Waals surface area contributed by atoms with Crippen molar-refractivity contribution in [2.75, 3.05) is 13.2 Å². The number of nitrogens with one attached hydrogen (secondary N) is 1. The van der Waals surface area contributed by atoms with Crippen LogP contribution in [-0.4, -0.2) is 25.2 Å². The quantitative estimate of drug-likeness (QED) is 0.802. The van der Waals surface area contributed by atoms with E-state index in [0.717, 1.165) is 42.7 Å². The Bertz CT molecular complexity index is 692. The van der Waals surface area contributed by atoms with Gasteiger partial charge in [-0.3, -0.25) is 4.79 Å². The Kier molecular flexibility index (Phi) is 6.77. The Morgan fingerprint density at radius 2 is 1.62 bits per heavy atom. The molecule has 3 rings (SSSR count). The summed E-state index contributed by atoms with van der Waals surface area (Å²) in [6.07, 6.45) is 2.24. The molecule has 2 aromatic carbocycles. The van der Waals surface area contributed by atoms with Crippen molar-refractivity contribution in [3.8, 4) is 0 Å². The van der Waals surface area contributed by atoms with E-state index in [4.69, 9.17) is 15.2 Å². The second-order valence-corrected chi connectivity index (χ2v) is 6.52. The van der Waals surface area contributed by atoms with E-state index >= 15 is 0 Å². The standard InChI is InChI=1S/C21H26N2O3/c22-13-16-5-7-19(8-6-16)21(24)23-14-17-1-3-18(4-2-17)15-26-20-9-11-25-12-10-20/h1-8,20H,9-15,22H2,(H,23,24). The van der Waals surface area contributed by atoms with Crippen molar-refractivity contribution in [2.24, 2.45) is 5.73 Å². The number of hydrogen-bond donors (Lipinski definition) is 2. The first-order valence-corrected chi connectivity index (χ1v) is 9.09. The van der Waals surface area contributed by atoms with Crippen molar-refractivity contribution >= 4 is 5.91 Å². The lowest BCUT2D eigenvalue weighted by Crippen LogP contribution is -2.23. The van der Waals surface area contributed by atoms with E-state index in [2.05, 4.69) is 17.4 Å². The van der Waals surface area contributed by atoms with Crippen molar-refractivity contribution < 1.29 is 14.3 Å². The first-order chi connectivity index (χ1) is 12.7. The zero-order valence-corrected chi connectivity index (χ0v) is 14.9. The van der Waals surface area contributed by atoms with Crippen LogP contribution in [0.25, 0.3) is 0 Å². The Labute approximate surface area is 154 Å². The molecule has 0 saturated carbocycles. The first kappa shape index (κ1) is 18.6. The summed E-state index contributed by atoms with van der Waals surface area (Å²) < 4.78 is 11.3. The molecule has 1 aliphatic heterocycles. The summed E-state index contributed by atoms with van der Waals surface area (Å²) in [7, 11) is 0. The summed E-state index contributed by atoms with van der Waals surface area (Å²) in [4.78, 5) is 12.2. The summed E-state index contributed by atoms with van der Waals surface area (Å²) >= 11 is 0. The van der Waals surface area contributed by atoms with Gasteiger partial charge in [0, 0.05) is 31.9 Å². The monoisotopic (exact) mass is 354 g/mol. The van der Waals surface area contributed by atoms with Crippen LogP contribution in [0.4, 0.5) is 0 Å². The summed E-state index contributed by atoms with van der Waals surface area (Å²) in [5.41, 5.74) is 9.43. The third-order valence-electron chi connectivity index (χ3n) is 4.58. The van der Waals surface area contributed by atoms with Crippen LogP contribution >= 0.6 is 0 Å². The molecule has 5 nitrogen and oxygen atoms in total. The van der Waals surface area contributed by atoms with Crippen LogP contribution < -0.4 is 11.1 Å². The van der Waals surface area contributed by atoms with E-state index in [9.17, 15) is 4.79 Å². The molecule has 0 aliphatic carbocycles. The Balaban J connectivity index is 1.45. The third kappa shape index (κ3) is 5.39. The molecule has 1 fully saturated rings. The minimum atomic E-state index is -0.0829. The molecule has 0 aromatic heterocycles. The maximum absolute atomic E-state index is 12.2. The topological polar surface area (TPSA) is 73.6 Å². The first-order valence-electron chi connectivity index (χ1n) is 9.09. The molecular formula is C21H26N2O3. The number of amides is 1. The molecular weight excluding hydrogens is 328 g/mol. The highest BCUT2D eigenvalue weighted by Gasteiger charge is 2.14. The molecule has 0 unspecified atom stereocenters. The molecule has 1 saturated heterocycles. The van der Waals surface area contributed by atoms with E-state index in [1.807, 2.05) is 24.3 Å². The molecule has 1 aliphatic rings. The molecule has 1 amide bonds. The number of carbonyl (C=O) groups excluding carboxylic acids is 1. The predicted molar refractivity (Wildman–Crippen MR) is 101 cm³/mol. The highest BCUT2D eigenvalue weighted by molar-refractivity contribution is 5.94. The lowest BCUT2D eigenvalue weighted by molar-refractivity contribution is -0.0390. The molecule has 3 N–H and O–H groups in total. The van der Waals surface area contributed by atoms with Gasteiger partial charge in [0.2, 0.25) is 0 Å². The predicted octanol–water partition coefficient (Wildman–Crippen LogP) is 2.77. The van der Waals surface area contributed by atoms with Gasteiger partial charge >= 0.3 is 0 Å². The van der Waals surface area contributed by atoms with E-state index in [1.165, 1.54) is 0 Å². The molecule has 0 atom stereocenters. The van der Waals surface area contributed by atoms with Crippen LogP contribution in [0.15, 0.2) is 48.5 Å². The third-order valence-corrected chi connectivity index (χ3v) is 4.58. The van der Waals surface area contributed by atoms with Crippen LogP contribution in [0.2, 0.25) is 0 Å². The van der Waals surface area contributed by atoms with Crippen molar-refractivity contribution in [1.82, 2.24) is 5.32 Å². The Morgan fingerprint density at radius 1 is 1.00 bits per heavy atom. The highest BCUT2D eigenvalue weighted by Crippen LogP contribution is 2.14. The number of nitrogens with two attached hydrogens (primary N) is 1. The molecule has 0 spiro atoms. The largest absolute Gasteiger partial charge is 0.381 e. The maximum Gasteiger partial charge on any atom is 0.251 e. The fourth-order valence-electron chi connectivity index (χ4n) is 2.89. The number of rotatable bonds is 7. The number of hydrogen-bond acceptors (Lipinski definition) is 4. The molecule has 5 heteroatoms. The highest BCUT2D eigenvalue weighted by atomic mass is 16.5. The fourth-order valence-corrected chi connectivity index (χ4v) is 2.89. The molecule has 0 radical (unpaired) electrons. The Morgan fingerprint density at radius 3 is 2.27 bits per heavy atom. The average molecular weight is 354 g/mol. The van der Waals surface area contributed by atoms with Gasteiger partial charge in [0.05, 0.1) is 12.7 Å². The lowest BCUT2D eigenvalue weighted by Gasteiger charge is -2.22. The van der Waals surface area contributed by atoms with Crippen LogP contribution in [0.1, 0.15) is 39.9 Å². The Hall–Kier alpha value is -2.21. The van der Waals surface area contributed by atoms with Crippen LogP contribution in [0.5, 0.6) is 0 Å². The average Bonchev–Trinajstić information content (AvgIpc) is 2.72. The van der Waals surface area contributed by atoms with E-state index in [1.54, 1.807) is 12.1 Å². The molecule has 0 bridgehead atoms. The van der Waals surface area contributed by atoms with Crippen molar-refractivity contribution in [1.29, 1.82) is 0 Å². The van der Waals surface area contributed by atoms with Crippen LogP contribution in [0, 0.1) is 0 Å². The van der Waals surface area contributed by atoms with Gasteiger partial charge in [-0.15, -0.1) is 0 Å². The zero-order valence-electron chi connectivity index (χ0n) is 14.9. The number of benzene rings is 2. The SMILES string of the molecule is NCc1ccc(C(=O)NCc2ccc(COC3CCOCC3)cc2)cc1. The van der Waals surface area contributed by atoms with Gasteiger partial charge in [0.1, 0.15) is 0 Å². The second-order valence-electron chi connectivity index (χ2n) is 6.52. The van der Waals surface area contributed by atoms with Gasteiger partial charge in [-0.1, -0.05) is 36.4 Å². The second kappa shape index (κ2) is 9.48. The van der Waals surface area contributed by atoms with E-state index < -0.39 is 0 Å². The number of carbonyl (C=O) groups is 1. The molecule has 2 aromatic rings. The summed E-state index contributed by atoms with van der Waals surface area (Å²) in [6.45, 7) is 3.17. The smallest absolute Gasteiger partial charge is 0.251 e. The summed E-state index contributed by atoms with van der Waals surface area (Å²) in [5.74, 6) is -0.0829. The maximum atomic E-state index is 12.2. The van der Waals surface area contributed by atoms with Gasteiger partial charge in [0.15, 0.2) is 0 Å². The van der Waals surface area contributed by atoms with Gasteiger partial charge in [-0.2, -0.15) is 0 Å². The van der Waals surface area contributed by atoms with Crippen molar-refractivity contribution in [3.63, 3.8) is 0 Å². The minimum absolute atomic E-state index is 0.0829. The van der Waals surface area contributed by atoms with Crippen LogP contribution in [-0.2, 0) is 29.2 Å². The zero-order chi connectivity index (χ0) is 18.2. The summed E-state index contributed by atoms with van der Waals surface area (Å²) in [6, 6.07) is 15.5. The fraction of sp³-hybridized carbons (Fsp3) is 0.381. The summed E-state index contributed by atoms with van der Waals surface area (Å²) in [5, 5.41) is 2.94. The van der Waals surface area contributed by atoms with Gasteiger partial charge < -0.3 is 20.5 Å².